The van der Waals surface area contributed by atoms with Gasteiger partial charge in [-0.15, -0.1) is 11.8 Å². The van der Waals surface area contributed by atoms with Gasteiger partial charge in [0, 0.05) is 17.5 Å². The molecule has 0 bridgehead atoms. The minimum Gasteiger partial charge on any atom is -0.329 e. The van der Waals surface area contributed by atoms with E-state index in [4.69, 9.17) is 11.5 Å². The number of rotatable bonds is 5. The minimum absolute atomic E-state index is 0.149. The summed E-state index contributed by atoms with van der Waals surface area (Å²) in [6, 6.07) is 10.5. The highest BCUT2D eigenvalue weighted by Gasteiger charge is 1.99. The fraction of sp³-hybridized carbons (Fsp3) is 0.400. The Bertz CT molecular complexity index is 226. The van der Waals surface area contributed by atoms with E-state index in [1.165, 1.54) is 4.90 Å². The van der Waals surface area contributed by atoms with Crippen LogP contribution in [0.5, 0.6) is 0 Å². The summed E-state index contributed by atoms with van der Waals surface area (Å²) in [6.45, 7) is 0.579. The normalized spacial score (nSPS) is 12.8. The molecule has 1 aromatic carbocycles. The maximum atomic E-state index is 5.70. The van der Waals surface area contributed by atoms with Crippen LogP contribution < -0.4 is 11.5 Å². The average Bonchev–Trinajstić information content (AvgIpc) is 2.19. The molecule has 1 rings (SSSR count). The van der Waals surface area contributed by atoms with Crippen molar-refractivity contribution in [2.75, 3.05) is 12.3 Å². The first-order valence-electron chi connectivity index (χ1n) is 4.46. The first-order chi connectivity index (χ1) is 6.33. The van der Waals surface area contributed by atoms with Gasteiger partial charge in [0.25, 0.3) is 0 Å². The van der Waals surface area contributed by atoms with E-state index < -0.39 is 0 Å². The van der Waals surface area contributed by atoms with E-state index in [9.17, 15) is 0 Å². The summed E-state index contributed by atoms with van der Waals surface area (Å²) in [6.07, 6.45) is 0.982. The molecular weight excluding hydrogens is 180 g/mol. The third-order valence-electron chi connectivity index (χ3n) is 1.80. The second-order valence-corrected chi connectivity index (χ2v) is 4.11. The molecule has 13 heavy (non-hydrogen) atoms. The number of hydrogen-bond acceptors (Lipinski definition) is 3. The molecule has 0 aromatic heterocycles. The lowest BCUT2D eigenvalue weighted by atomic mass is 10.2. The first-order valence-corrected chi connectivity index (χ1v) is 5.45. The lowest BCUT2D eigenvalue weighted by Gasteiger charge is -2.07. The predicted molar refractivity (Wildman–Crippen MR) is 58.8 cm³/mol. The van der Waals surface area contributed by atoms with Crippen LogP contribution >= 0.6 is 11.8 Å². The Balaban J connectivity index is 2.20. The summed E-state index contributed by atoms with van der Waals surface area (Å²) in [5.74, 6) is 1.04. The summed E-state index contributed by atoms with van der Waals surface area (Å²) in [5, 5.41) is 0. The van der Waals surface area contributed by atoms with Crippen LogP contribution in [0.1, 0.15) is 6.42 Å². The third kappa shape index (κ3) is 4.31. The largest absolute Gasteiger partial charge is 0.329 e. The van der Waals surface area contributed by atoms with Gasteiger partial charge in [-0.2, -0.15) is 0 Å². The highest BCUT2D eigenvalue weighted by molar-refractivity contribution is 7.99. The van der Waals surface area contributed by atoms with Crippen LogP contribution in [-0.2, 0) is 0 Å². The summed E-state index contributed by atoms with van der Waals surface area (Å²) >= 11 is 1.83. The molecular formula is C10H16N2S. The van der Waals surface area contributed by atoms with E-state index in [1.807, 2.05) is 30.0 Å². The smallest absolute Gasteiger partial charge is 0.0171 e. The van der Waals surface area contributed by atoms with E-state index in [0.29, 0.717) is 6.54 Å². The highest BCUT2D eigenvalue weighted by atomic mass is 32.2. The Morgan fingerprint density at radius 3 is 2.54 bits per heavy atom. The topological polar surface area (TPSA) is 52.0 Å². The maximum absolute atomic E-state index is 5.70. The molecule has 72 valence electrons. The van der Waals surface area contributed by atoms with Gasteiger partial charge >= 0.3 is 0 Å². The van der Waals surface area contributed by atoms with Crippen molar-refractivity contribution in [1.82, 2.24) is 0 Å². The van der Waals surface area contributed by atoms with Gasteiger partial charge in [0.2, 0.25) is 0 Å². The van der Waals surface area contributed by atoms with Crippen molar-refractivity contribution in [1.29, 1.82) is 0 Å². The van der Waals surface area contributed by atoms with Crippen molar-refractivity contribution in [3.63, 3.8) is 0 Å². The molecule has 1 unspecified atom stereocenters. The minimum atomic E-state index is 0.149. The molecule has 0 saturated carbocycles. The molecule has 0 amide bonds. The molecule has 3 heteroatoms. The molecule has 1 atom stereocenters. The first kappa shape index (κ1) is 10.6. The van der Waals surface area contributed by atoms with Crippen molar-refractivity contribution < 1.29 is 0 Å². The summed E-state index contributed by atoms with van der Waals surface area (Å²) < 4.78 is 0. The summed E-state index contributed by atoms with van der Waals surface area (Å²) in [4.78, 5) is 1.30. The standard InChI is InChI=1S/C10H16N2S/c11-8-9(12)6-7-13-10-4-2-1-3-5-10/h1-5,9H,6-8,11-12H2. The molecule has 0 aliphatic rings. The quantitative estimate of drug-likeness (QED) is 0.701. The van der Waals surface area contributed by atoms with Gasteiger partial charge in [0.15, 0.2) is 0 Å². The molecule has 0 spiro atoms. The van der Waals surface area contributed by atoms with Gasteiger partial charge in [-0.05, 0) is 24.3 Å². The zero-order valence-electron chi connectivity index (χ0n) is 7.65. The SMILES string of the molecule is NCC(N)CCSc1ccccc1. The molecule has 0 saturated heterocycles. The van der Waals surface area contributed by atoms with Crippen molar-refractivity contribution in [2.24, 2.45) is 11.5 Å². The van der Waals surface area contributed by atoms with Crippen LogP contribution in [0.3, 0.4) is 0 Å². The zero-order valence-corrected chi connectivity index (χ0v) is 8.46. The fourth-order valence-electron chi connectivity index (χ4n) is 0.963. The molecule has 0 radical (unpaired) electrons. The van der Waals surface area contributed by atoms with Crippen LogP contribution in [0.4, 0.5) is 0 Å². The number of hydrogen-bond donors (Lipinski definition) is 2. The predicted octanol–water partition coefficient (Wildman–Crippen LogP) is 1.45. The van der Waals surface area contributed by atoms with E-state index >= 15 is 0 Å². The Morgan fingerprint density at radius 2 is 1.92 bits per heavy atom. The van der Waals surface area contributed by atoms with Gasteiger partial charge < -0.3 is 11.5 Å². The fourth-order valence-corrected chi connectivity index (χ4v) is 1.97. The van der Waals surface area contributed by atoms with Gasteiger partial charge in [-0.3, -0.25) is 0 Å². The lowest BCUT2D eigenvalue weighted by molar-refractivity contribution is 0.665. The van der Waals surface area contributed by atoms with Gasteiger partial charge in [-0.1, -0.05) is 18.2 Å². The maximum Gasteiger partial charge on any atom is 0.0171 e. The van der Waals surface area contributed by atoms with Crippen LogP contribution in [0, 0.1) is 0 Å². The van der Waals surface area contributed by atoms with Gasteiger partial charge in [0.05, 0.1) is 0 Å². The van der Waals surface area contributed by atoms with Crippen LogP contribution in [0.15, 0.2) is 35.2 Å². The molecule has 1 aromatic rings. The zero-order chi connectivity index (χ0) is 9.52. The average molecular weight is 196 g/mol. The number of nitrogens with two attached hydrogens (primary N) is 2. The van der Waals surface area contributed by atoms with Crippen LogP contribution in [-0.4, -0.2) is 18.3 Å². The van der Waals surface area contributed by atoms with E-state index in [1.54, 1.807) is 0 Å². The van der Waals surface area contributed by atoms with Crippen LogP contribution in [0.2, 0.25) is 0 Å². The number of thioether (sulfide) groups is 1. The van der Waals surface area contributed by atoms with Crippen molar-refractivity contribution in [3.8, 4) is 0 Å². The molecule has 0 heterocycles. The Hall–Kier alpha value is -0.510. The van der Waals surface area contributed by atoms with Gasteiger partial charge in [-0.25, -0.2) is 0 Å². The van der Waals surface area contributed by atoms with E-state index in [0.717, 1.165) is 12.2 Å². The monoisotopic (exact) mass is 196 g/mol. The van der Waals surface area contributed by atoms with Crippen molar-refractivity contribution >= 4 is 11.8 Å². The molecule has 0 fully saturated rings. The second kappa shape index (κ2) is 6.02. The van der Waals surface area contributed by atoms with E-state index in [2.05, 4.69) is 12.1 Å². The van der Waals surface area contributed by atoms with Crippen molar-refractivity contribution in [2.45, 2.75) is 17.4 Å². The summed E-state index contributed by atoms with van der Waals surface area (Å²) in [5.41, 5.74) is 11.1. The molecule has 0 aliphatic heterocycles. The molecule has 2 nitrogen and oxygen atoms in total. The number of benzene rings is 1. The Kier molecular flexibility index (Phi) is 4.90. The lowest BCUT2D eigenvalue weighted by Crippen LogP contribution is -2.29. The molecule has 0 aliphatic carbocycles. The Labute approximate surface area is 83.7 Å². The van der Waals surface area contributed by atoms with E-state index in [-0.39, 0.29) is 6.04 Å². The summed E-state index contributed by atoms with van der Waals surface area (Å²) in [7, 11) is 0. The second-order valence-electron chi connectivity index (χ2n) is 2.95. The van der Waals surface area contributed by atoms with Crippen LogP contribution in [0.25, 0.3) is 0 Å². The third-order valence-corrected chi connectivity index (χ3v) is 2.85. The highest BCUT2D eigenvalue weighted by Crippen LogP contribution is 2.17. The Morgan fingerprint density at radius 1 is 1.23 bits per heavy atom. The molecule has 4 N–H and O–H groups in total. The van der Waals surface area contributed by atoms with Crippen molar-refractivity contribution in [3.05, 3.63) is 30.3 Å². The van der Waals surface area contributed by atoms with Gasteiger partial charge in [0.1, 0.15) is 0 Å².